The number of aromatic nitrogens is 2. The summed E-state index contributed by atoms with van der Waals surface area (Å²) in [6, 6.07) is 0. The lowest BCUT2D eigenvalue weighted by Crippen LogP contribution is -2.27. The lowest BCUT2D eigenvalue weighted by molar-refractivity contribution is 0.0217. The molecule has 2 heterocycles. The van der Waals surface area contributed by atoms with Crippen molar-refractivity contribution in [1.82, 2.24) is 15.5 Å². The first-order valence-corrected chi connectivity index (χ1v) is 7.85. The van der Waals surface area contributed by atoms with E-state index in [1.54, 1.807) is 0 Å². The quantitative estimate of drug-likeness (QED) is 0.832. The number of ether oxygens (including phenoxy) is 1. The van der Waals surface area contributed by atoms with Gasteiger partial charge in [0.05, 0.1) is 0 Å². The van der Waals surface area contributed by atoms with Gasteiger partial charge in [0.2, 0.25) is 11.7 Å². The van der Waals surface area contributed by atoms with E-state index in [-0.39, 0.29) is 6.10 Å². The summed E-state index contributed by atoms with van der Waals surface area (Å²) in [6.45, 7) is 9.17. The van der Waals surface area contributed by atoms with Gasteiger partial charge < -0.3 is 14.6 Å². The van der Waals surface area contributed by atoms with Gasteiger partial charge in [0.1, 0.15) is 6.10 Å². The van der Waals surface area contributed by atoms with Gasteiger partial charge in [-0.1, -0.05) is 19.0 Å². The minimum absolute atomic E-state index is 0.0589. The third kappa shape index (κ3) is 4.28. The molecule has 0 spiro atoms. The van der Waals surface area contributed by atoms with Gasteiger partial charge in [0, 0.05) is 13.0 Å². The summed E-state index contributed by atoms with van der Waals surface area (Å²) in [7, 11) is 0. The molecule has 1 N–H and O–H groups in total. The van der Waals surface area contributed by atoms with Crippen LogP contribution in [0, 0.1) is 11.8 Å². The van der Waals surface area contributed by atoms with Gasteiger partial charge in [0.25, 0.3) is 0 Å². The molecular weight excluding hydrogens is 254 g/mol. The number of nitrogens with zero attached hydrogens (tertiary/aromatic N) is 2. The maximum Gasteiger partial charge on any atom is 0.226 e. The van der Waals surface area contributed by atoms with Crippen LogP contribution in [0.15, 0.2) is 4.52 Å². The van der Waals surface area contributed by atoms with Crippen molar-refractivity contribution in [2.45, 2.75) is 52.6 Å². The van der Waals surface area contributed by atoms with Crippen LogP contribution < -0.4 is 5.32 Å². The van der Waals surface area contributed by atoms with E-state index >= 15 is 0 Å². The van der Waals surface area contributed by atoms with Gasteiger partial charge in [0.15, 0.2) is 0 Å². The summed E-state index contributed by atoms with van der Waals surface area (Å²) in [5, 5.41) is 7.49. The average Bonchev–Trinajstić information content (AvgIpc) is 2.92. The molecule has 1 unspecified atom stereocenters. The highest BCUT2D eigenvalue weighted by Gasteiger charge is 2.22. The molecule has 0 saturated carbocycles. The molecule has 1 aromatic heterocycles. The molecule has 2 rings (SSSR count). The summed E-state index contributed by atoms with van der Waals surface area (Å²) in [5.74, 6) is 2.59. The summed E-state index contributed by atoms with van der Waals surface area (Å²) in [4.78, 5) is 4.52. The van der Waals surface area contributed by atoms with Crippen molar-refractivity contribution >= 4 is 0 Å². The predicted octanol–water partition coefficient (Wildman–Crippen LogP) is 2.74. The summed E-state index contributed by atoms with van der Waals surface area (Å²) in [6.07, 6.45) is 4.48. The zero-order valence-electron chi connectivity index (χ0n) is 12.9. The Morgan fingerprint density at radius 1 is 1.35 bits per heavy atom. The van der Waals surface area contributed by atoms with Crippen molar-refractivity contribution in [2.75, 3.05) is 19.7 Å². The summed E-state index contributed by atoms with van der Waals surface area (Å²) >= 11 is 0. The van der Waals surface area contributed by atoms with Crippen LogP contribution in [0.1, 0.15) is 57.9 Å². The van der Waals surface area contributed by atoms with E-state index in [2.05, 4.69) is 29.3 Å². The van der Waals surface area contributed by atoms with E-state index in [4.69, 9.17) is 9.26 Å². The molecule has 1 atom stereocenters. The Bertz CT molecular complexity index is 386. The Morgan fingerprint density at radius 2 is 2.10 bits per heavy atom. The van der Waals surface area contributed by atoms with Crippen molar-refractivity contribution in [2.24, 2.45) is 11.8 Å². The van der Waals surface area contributed by atoms with Crippen LogP contribution in [0.4, 0.5) is 0 Å². The molecule has 1 aliphatic rings. The Morgan fingerprint density at radius 3 is 2.75 bits per heavy atom. The van der Waals surface area contributed by atoms with Crippen molar-refractivity contribution in [3.8, 4) is 0 Å². The molecule has 0 aliphatic carbocycles. The van der Waals surface area contributed by atoms with Crippen molar-refractivity contribution in [3.05, 3.63) is 11.7 Å². The molecular formula is C15H27N3O2. The predicted molar refractivity (Wildman–Crippen MR) is 77.4 cm³/mol. The average molecular weight is 281 g/mol. The van der Waals surface area contributed by atoms with Crippen LogP contribution in [0.5, 0.6) is 0 Å². The first kappa shape index (κ1) is 15.4. The van der Waals surface area contributed by atoms with E-state index in [1.165, 1.54) is 12.8 Å². The van der Waals surface area contributed by atoms with Gasteiger partial charge in [-0.25, -0.2) is 0 Å². The van der Waals surface area contributed by atoms with E-state index in [0.29, 0.717) is 18.3 Å². The normalized spacial score (nSPS) is 18.6. The number of rotatable bonds is 7. The molecule has 20 heavy (non-hydrogen) atoms. The molecule has 1 saturated heterocycles. The molecule has 114 valence electrons. The molecule has 0 aromatic carbocycles. The highest BCUT2D eigenvalue weighted by atomic mass is 16.5. The van der Waals surface area contributed by atoms with Gasteiger partial charge in [-0.3, -0.25) is 0 Å². The Kier molecular flexibility index (Phi) is 5.98. The Balaban J connectivity index is 1.87. The monoisotopic (exact) mass is 281 g/mol. The zero-order chi connectivity index (χ0) is 14.4. The van der Waals surface area contributed by atoms with Crippen LogP contribution in [0.2, 0.25) is 0 Å². The van der Waals surface area contributed by atoms with Crippen molar-refractivity contribution < 1.29 is 9.26 Å². The fourth-order valence-electron chi connectivity index (χ4n) is 2.73. The topological polar surface area (TPSA) is 60.2 Å². The minimum atomic E-state index is -0.0589. The second-order valence-corrected chi connectivity index (χ2v) is 5.90. The number of aryl methyl sites for hydroxylation is 1. The molecule has 5 nitrogen and oxygen atoms in total. The third-order valence-corrected chi connectivity index (χ3v) is 3.92. The maximum absolute atomic E-state index is 5.70. The highest BCUT2D eigenvalue weighted by Crippen LogP contribution is 2.24. The molecule has 1 aromatic rings. The highest BCUT2D eigenvalue weighted by molar-refractivity contribution is 4.93. The molecule has 0 radical (unpaired) electrons. The smallest absolute Gasteiger partial charge is 0.226 e. The minimum Gasteiger partial charge on any atom is -0.370 e. The number of hydrogen-bond donors (Lipinski definition) is 1. The number of piperidine rings is 1. The van der Waals surface area contributed by atoms with Crippen molar-refractivity contribution in [3.63, 3.8) is 0 Å². The Hall–Kier alpha value is -0.940. The second kappa shape index (κ2) is 7.74. The summed E-state index contributed by atoms with van der Waals surface area (Å²) in [5.41, 5.74) is 0. The number of hydrogen-bond acceptors (Lipinski definition) is 5. The van der Waals surface area contributed by atoms with E-state index in [1.807, 2.05) is 6.92 Å². The van der Waals surface area contributed by atoms with E-state index in [9.17, 15) is 0 Å². The van der Waals surface area contributed by atoms with E-state index in [0.717, 1.165) is 37.7 Å². The van der Waals surface area contributed by atoms with Crippen LogP contribution in [-0.2, 0) is 11.2 Å². The maximum atomic E-state index is 5.70. The molecule has 0 amide bonds. The second-order valence-electron chi connectivity index (χ2n) is 5.90. The lowest BCUT2D eigenvalue weighted by atomic mass is 9.93. The fourth-order valence-corrected chi connectivity index (χ4v) is 2.73. The molecule has 1 fully saturated rings. The lowest BCUT2D eigenvalue weighted by Gasteiger charge is -2.21. The van der Waals surface area contributed by atoms with Gasteiger partial charge >= 0.3 is 0 Å². The summed E-state index contributed by atoms with van der Waals surface area (Å²) < 4.78 is 11.1. The third-order valence-electron chi connectivity index (χ3n) is 3.92. The molecule has 5 heteroatoms. The van der Waals surface area contributed by atoms with E-state index < -0.39 is 0 Å². The molecule has 1 aliphatic heterocycles. The largest absolute Gasteiger partial charge is 0.370 e. The zero-order valence-corrected chi connectivity index (χ0v) is 12.9. The Labute approximate surface area is 121 Å². The fraction of sp³-hybridized carbons (Fsp3) is 0.867. The SMILES string of the molecule is CCOC(c1noc(CCC2CCNCC2)n1)C(C)C. The van der Waals surface area contributed by atoms with Crippen LogP contribution in [-0.4, -0.2) is 29.8 Å². The standard InChI is InChI=1S/C15H27N3O2/c1-4-19-14(11(2)3)15-17-13(20-18-15)6-5-12-7-9-16-10-8-12/h11-12,14,16H,4-10H2,1-3H3. The van der Waals surface area contributed by atoms with Gasteiger partial charge in [-0.2, -0.15) is 4.98 Å². The van der Waals surface area contributed by atoms with Crippen LogP contribution in [0.3, 0.4) is 0 Å². The van der Waals surface area contributed by atoms with Crippen LogP contribution >= 0.6 is 0 Å². The first-order valence-electron chi connectivity index (χ1n) is 7.85. The van der Waals surface area contributed by atoms with Gasteiger partial charge in [-0.05, 0) is 51.1 Å². The van der Waals surface area contributed by atoms with Crippen LogP contribution in [0.25, 0.3) is 0 Å². The van der Waals surface area contributed by atoms with Gasteiger partial charge in [-0.15, -0.1) is 0 Å². The van der Waals surface area contributed by atoms with Crippen molar-refractivity contribution in [1.29, 1.82) is 0 Å². The number of nitrogens with one attached hydrogen (secondary N) is 1. The molecule has 0 bridgehead atoms. The first-order chi connectivity index (χ1) is 9.70.